The van der Waals surface area contributed by atoms with Gasteiger partial charge in [-0.2, -0.15) is 5.10 Å². The second kappa shape index (κ2) is 8.91. The number of nitrogens with two attached hydrogens (primary N) is 1. The van der Waals surface area contributed by atoms with E-state index in [1.807, 2.05) is 41.9 Å². The molecule has 4 aromatic heterocycles. The second-order valence-electron chi connectivity index (χ2n) is 12.0. The first-order valence-corrected chi connectivity index (χ1v) is 14.5. The lowest BCUT2D eigenvalue weighted by Gasteiger charge is -2.27. The van der Waals surface area contributed by atoms with Crippen LogP contribution in [-0.2, 0) is 20.6 Å². The first kappa shape index (κ1) is 24.6. The highest BCUT2D eigenvalue weighted by Crippen LogP contribution is 2.40. The van der Waals surface area contributed by atoms with Crippen molar-refractivity contribution in [1.82, 2.24) is 33.8 Å². The highest BCUT2D eigenvalue weighted by molar-refractivity contribution is 6.00. The van der Waals surface area contributed by atoms with Crippen molar-refractivity contribution in [2.24, 2.45) is 31.7 Å². The molecule has 0 spiro atoms. The second-order valence-corrected chi connectivity index (χ2v) is 12.0. The van der Waals surface area contributed by atoms with Crippen LogP contribution >= 0.6 is 0 Å². The van der Waals surface area contributed by atoms with Gasteiger partial charge < -0.3 is 24.5 Å². The SMILES string of the molecule is COc1cc(C(=O)N2CC3CCC2[C@@H]3N)cc2nc(-c3cc4ccc(-c5ccnn5C)nc4n3CC3CC3)n(C)c12. The Kier molecular flexibility index (Phi) is 5.35. The summed E-state index contributed by atoms with van der Waals surface area (Å²) in [4.78, 5) is 25.9. The van der Waals surface area contributed by atoms with Crippen LogP contribution in [0.25, 0.3) is 45.0 Å². The molecule has 1 aromatic carbocycles. The Labute approximate surface area is 237 Å². The third-order valence-electron chi connectivity index (χ3n) is 9.51. The summed E-state index contributed by atoms with van der Waals surface area (Å²) >= 11 is 0. The highest BCUT2D eigenvalue weighted by atomic mass is 16.5. The van der Waals surface area contributed by atoms with Crippen LogP contribution < -0.4 is 10.5 Å². The van der Waals surface area contributed by atoms with Crippen LogP contribution in [0.15, 0.2) is 42.6 Å². The van der Waals surface area contributed by atoms with Crippen molar-refractivity contribution in [3.63, 3.8) is 0 Å². The fourth-order valence-electron chi connectivity index (χ4n) is 7.09. The summed E-state index contributed by atoms with van der Waals surface area (Å²) < 4.78 is 12.1. The normalized spacial score (nSPS) is 22.0. The number of amides is 1. The van der Waals surface area contributed by atoms with Gasteiger partial charge in [0.2, 0.25) is 0 Å². The van der Waals surface area contributed by atoms with Gasteiger partial charge in [-0.1, -0.05) is 0 Å². The van der Waals surface area contributed by atoms with E-state index >= 15 is 0 Å². The van der Waals surface area contributed by atoms with E-state index in [4.69, 9.17) is 20.4 Å². The number of fused-ring (bicyclic) bond motifs is 4. The zero-order chi connectivity index (χ0) is 28.0. The number of nitrogens with zero attached hydrogens (tertiary/aromatic N) is 7. The monoisotopic (exact) mass is 550 g/mol. The fraction of sp³-hybridized carbons (Fsp3) is 0.419. The molecule has 210 valence electrons. The van der Waals surface area contributed by atoms with E-state index in [0.717, 1.165) is 70.9 Å². The number of imidazole rings is 1. The van der Waals surface area contributed by atoms with E-state index in [0.29, 0.717) is 23.1 Å². The number of ether oxygens (including phenoxy) is 1. The molecular weight excluding hydrogens is 516 g/mol. The Balaban J connectivity index is 1.25. The molecule has 1 saturated heterocycles. The zero-order valence-electron chi connectivity index (χ0n) is 23.6. The molecule has 2 unspecified atom stereocenters. The predicted octanol–water partition coefficient (Wildman–Crippen LogP) is 3.97. The van der Waals surface area contributed by atoms with E-state index in [9.17, 15) is 4.79 Å². The van der Waals surface area contributed by atoms with Crippen molar-refractivity contribution in [3.05, 3.63) is 48.2 Å². The van der Waals surface area contributed by atoms with Crippen molar-refractivity contribution >= 4 is 28.0 Å². The van der Waals surface area contributed by atoms with E-state index in [-0.39, 0.29) is 18.0 Å². The van der Waals surface area contributed by atoms with Gasteiger partial charge in [-0.05, 0) is 73.9 Å². The molecule has 2 aliphatic carbocycles. The number of aromatic nitrogens is 6. The summed E-state index contributed by atoms with van der Waals surface area (Å²) in [6.07, 6.45) is 6.33. The molecule has 3 aliphatic rings. The molecule has 1 amide bonds. The predicted molar refractivity (Wildman–Crippen MR) is 156 cm³/mol. The number of benzene rings is 1. The molecule has 10 heteroatoms. The van der Waals surface area contributed by atoms with Gasteiger partial charge in [0, 0.05) is 56.4 Å². The number of hydrogen-bond donors (Lipinski definition) is 1. The van der Waals surface area contributed by atoms with Gasteiger partial charge in [-0.15, -0.1) is 0 Å². The zero-order valence-corrected chi connectivity index (χ0v) is 23.6. The number of aryl methyl sites for hydroxylation is 2. The molecular formula is C31H34N8O2. The number of carbonyl (C=O) groups excluding carboxylic acids is 1. The lowest BCUT2D eigenvalue weighted by molar-refractivity contribution is 0.0700. The third kappa shape index (κ3) is 3.73. The van der Waals surface area contributed by atoms with Gasteiger partial charge in [0.25, 0.3) is 5.91 Å². The molecule has 10 nitrogen and oxygen atoms in total. The standard InChI is InChI=1S/C31H34N8O2/c1-36-28-22(12-20(14-26(28)41-3)31(40)39-16-19-7-9-24(39)27(19)32)35-30(36)25-13-18-6-8-21(23-10-11-33-37(23)2)34-29(18)38(25)15-17-4-5-17/h6,8,10-14,17,19,24,27H,4-5,7,9,15-16,32H2,1-3H3/t19?,24?,27-/m1/s1. The lowest BCUT2D eigenvalue weighted by atomic mass is 10.1. The topological polar surface area (TPSA) is 109 Å². The molecule has 8 rings (SSSR count). The Hall–Kier alpha value is -4.18. The number of methoxy groups -OCH3 is 1. The molecule has 5 heterocycles. The molecule has 3 atom stereocenters. The summed E-state index contributed by atoms with van der Waals surface area (Å²) in [5, 5.41) is 5.40. The van der Waals surface area contributed by atoms with Crippen molar-refractivity contribution in [2.75, 3.05) is 13.7 Å². The van der Waals surface area contributed by atoms with Gasteiger partial charge in [0.1, 0.15) is 16.9 Å². The van der Waals surface area contributed by atoms with Crippen LogP contribution in [0.5, 0.6) is 5.75 Å². The summed E-state index contributed by atoms with van der Waals surface area (Å²) in [5.41, 5.74) is 12.4. The summed E-state index contributed by atoms with van der Waals surface area (Å²) in [7, 11) is 5.60. The lowest BCUT2D eigenvalue weighted by Crippen LogP contribution is -2.41. The smallest absolute Gasteiger partial charge is 0.254 e. The molecule has 2 saturated carbocycles. The van der Waals surface area contributed by atoms with Gasteiger partial charge in [-0.3, -0.25) is 9.48 Å². The molecule has 0 radical (unpaired) electrons. The van der Waals surface area contributed by atoms with Crippen LogP contribution in [-0.4, -0.2) is 65.4 Å². The maximum absolute atomic E-state index is 13.7. The van der Waals surface area contributed by atoms with Crippen LogP contribution in [0.4, 0.5) is 0 Å². The number of carbonyl (C=O) groups is 1. The maximum atomic E-state index is 13.7. The minimum absolute atomic E-state index is 0.00907. The van der Waals surface area contributed by atoms with Crippen LogP contribution in [0.1, 0.15) is 36.0 Å². The molecule has 2 bridgehead atoms. The first-order chi connectivity index (χ1) is 19.9. The third-order valence-corrected chi connectivity index (χ3v) is 9.51. The van der Waals surface area contributed by atoms with Gasteiger partial charge >= 0.3 is 0 Å². The first-order valence-electron chi connectivity index (χ1n) is 14.5. The summed E-state index contributed by atoms with van der Waals surface area (Å²) in [6.45, 7) is 1.62. The Morgan fingerprint density at radius 1 is 1.05 bits per heavy atom. The van der Waals surface area contributed by atoms with Crippen molar-refractivity contribution < 1.29 is 9.53 Å². The Morgan fingerprint density at radius 3 is 2.59 bits per heavy atom. The number of likely N-dealkylation sites (tertiary alicyclic amines) is 1. The number of piperidine rings is 1. The van der Waals surface area contributed by atoms with E-state index in [1.165, 1.54) is 12.8 Å². The molecule has 5 aromatic rings. The summed E-state index contributed by atoms with van der Waals surface area (Å²) in [6, 6.07) is 12.3. The average molecular weight is 551 g/mol. The van der Waals surface area contributed by atoms with Crippen molar-refractivity contribution in [2.45, 2.75) is 44.3 Å². The van der Waals surface area contributed by atoms with Crippen LogP contribution in [0.2, 0.25) is 0 Å². The van der Waals surface area contributed by atoms with Crippen molar-refractivity contribution in [3.8, 4) is 28.7 Å². The quantitative estimate of drug-likeness (QED) is 0.343. The van der Waals surface area contributed by atoms with Gasteiger partial charge in [0.05, 0.1) is 29.7 Å². The number of pyridine rings is 1. The van der Waals surface area contributed by atoms with Gasteiger partial charge in [0.15, 0.2) is 5.82 Å². The Morgan fingerprint density at radius 2 is 1.90 bits per heavy atom. The van der Waals surface area contributed by atoms with Crippen LogP contribution in [0, 0.1) is 11.8 Å². The highest BCUT2D eigenvalue weighted by Gasteiger charge is 2.47. The van der Waals surface area contributed by atoms with Crippen molar-refractivity contribution in [1.29, 1.82) is 0 Å². The number of rotatable bonds is 6. The van der Waals surface area contributed by atoms with E-state index in [2.05, 4.69) is 32.4 Å². The van der Waals surface area contributed by atoms with Crippen LogP contribution in [0.3, 0.4) is 0 Å². The average Bonchev–Trinajstić information content (AvgIpc) is 3.23. The molecule has 1 aliphatic heterocycles. The van der Waals surface area contributed by atoms with E-state index in [1.54, 1.807) is 13.3 Å². The maximum Gasteiger partial charge on any atom is 0.254 e. The van der Waals surface area contributed by atoms with Gasteiger partial charge in [-0.25, -0.2) is 9.97 Å². The largest absolute Gasteiger partial charge is 0.494 e. The minimum Gasteiger partial charge on any atom is -0.494 e. The molecule has 3 fully saturated rings. The fourth-order valence-corrected chi connectivity index (χ4v) is 7.09. The van der Waals surface area contributed by atoms with E-state index < -0.39 is 0 Å². The number of hydrogen-bond acceptors (Lipinski definition) is 6. The molecule has 41 heavy (non-hydrogen) atoms. The Bertz CT molecular complexity index is 1840. The summed E-state index contributed by atoms with van der Waals surface area (Å²) in [5.74, 6) is 2.52. The minimum atomic E-state index is 0.00907. The molecule has 2 N–H and O–H groups in total.